The molecule has 1 fully saturated rings. The molecule has 0 aliphatic carbocycles. The molecule has 1 heterocycles. The number of benzene rings is 2. The predicted octanol–water partition coefficient (Wildman–Crippen LogP) is 4.21. The molecule has 4 nitrogen and oxygen atoms in total. The van der Waals surface area contributed by atoms with Gasteiger partial charge in [0.2, 0.25) is 0 Å². The summed E-state index contributed by atoms with van der Waals surface area (Å²) < 4.78 is 52.0. The maximum Gasteiger partial charge on any atom is 0.416 e. The Hall–Kier alpha value is -2.77. The van der Waals surface area contributed by atoms with Gasteiger partial charge in [-0.15, -0.1) is 0 Å². The number of nitrogens with zero attached hydrogens (tertiary/aromatic N) is 1. The van der Waals surface area contributed by atoms with Crippen molar-refractivity contribution in [1.29, 1.82) is 0 Å². The number of alkyl halides is 3. The van der Waals surface area contributed by atoms with E-state index < -0.39 is 17.8 Å². The highest BCUT2D eigenvalue weighted by Crippen LogP contribution is 2.31. The number of nitrogens with one attached hydrogen (secondary N) is 2. The smallest absolute Gasteiger partial charge is 0.371 e. The lowest BCUT2D eigenvalue weighted by molar-refractivity contribution is -0.138. The fourth-order valence-electron chi connectivity index (χ4n) is 3.51. The second-order valence-corrected chi connectivity index (χ2v) is 7.12. The highest BCUT2D eigenvalue weighted by Gasteiger charge is 2.32. The van der Waals surface area contributed by atoms with Crippen molar-refractivity contribution in [3.63, 3.8) is 0 Å². The zero-order valence-corrected chi connectivity index (χ0v) is 15.8. The first kappa shape index (κ1) is 21.0. The molecule has 8 heteroatoms. The standard InChI is InChI=1S/C21H23F4N3O/c22-17-5-7-18(8-6-17)28-12-10-15(14-28)13-27-20(29)26-11-9-16-3-1-2-4-19(16)21(23,24)25/h1-8,15H,9-14H2,(H2,26,27,29). The van der Waals surface area contributed by atoms with Gasteiger partial charge < -0.3 is 15.5 Å². The van der Waals surface area contributed by atoms with Crippen molar-refractivity contribution >= 4 is 11.7 Å². The molecule has 1 aliphatic heterocycles. The Labute approximate surface area is 166 Å². The molecule has 3 rings (SSSR count). The van der Waals surface area contributed by atoms with Gasteiger partial charge in [-0.05, 0) is 54.7 Å². The molecule has 1 aliphatic rings. The van der Waals surface area contributed by atoms with Gasteiger partial charge in [-0.1, -0.05) is 18.2 Å². The van der Waals surface area contributed by atoms with Crippen molar-refractivity contribution in [2.24, 2.45) is 5.92 Å². The van der Waals surface area contributed by atoms with E-state index in [4.69, 9.17) is 0 Å². The Balaban J connectivity index is 1.39. The summed E-state index contributed by atoms with van der Waals surface area (Å²) in [4.78, 5) is 14.1. The summed E-state index contributed by atoms with van der Waals surface area (Å²) in [5, 5.41) is 5.39. The lowest BCUT2D eigenvalue weighted by atomic mass is 10.0. The molecule has 0 bridgehead atoms. The van der Waals surface area contributed by atoms with Crippen LogP contribution < -0.4 is 15.5 Å². The second-order valence-electron chi connectivity index (χ2n) is 7.12. The molecular weight excluding hydrogens is 386 g/mol. The van der Waals surface area contributed by atoms with Crippen molar-refractivity contribution in [3.05, 3.63) is 65.5 Å². The molecule has 2 aromatic carbocycles. The van der Waals surface area contributed by atoms with Crippen LogP contribution in [0.5, 0.6) is 0 Å². The van der Waals surface area contributed by atoms with Gasteiger partial charge in [-0.25, -0.2) is 9.18 Å². The molecule has 0 spiro atoms. The normalized spacial score (nSPS) is 16.7. The maximum absolute atomic E-state index is 13.0. The van der Waals surface area contributed by atoms with Crippen LogP contribution in [0.3, 0.4) is 0 Å². The van der Waals surface area contributed by atoms with E-state index in [2.05, 4.69) is 15.5 Å². The molecule has 29 heavy (non-hydrogen) atoms. The number of rotatable bonds is 6. The molecule has 0 saturated carbocycles. The van der Waals surface area contributed by atoms with E-state index >= 15 is 0 Å². The van der Waals surface area contributed by atoms with Gasteiger partial charge in [0.25, 0.3) is 0 Å². The van der Waals surface area contributed by atoms with Crippen molar-refractivity contribution in [2.75, 3.05) is 31.1 Å². The average molecular weight is 409 g/mol. The SMILES string of the molecule is O=C(NCCc1ccccc1C(F)(F)F)NCC1CCN(c2ccc(F)cc2)C1. The van der Waals surface area contributed by atoms with Gasteiger partial charge in [0.05, 0.1) is 5.56 Å². The number of halogens is 4. The van der Waals surface area contributed by atoms with Crippen molar-refractivity contribution < 1.29 is 22.4 Å². The third-order valence-electron chi connectivity index (χ3n) is 5.03. The van der Waals surface area contributed by atoms with Crippen molar-refractivity contribution in [3.8, 4) is 0 Å². The average Bonchev–Trinajstić information content (AvgIpc) is 3.15. The monoisotopic (exact) mass is 409 g/mol. The van der Waals surface area contributed by atoms with Crippen molar-refractivity contribution in [2.45, 2.75) is 19.0 Å². The Morgan fingerprint density at radius 1 is 1.07 bits per heavy atom. The first-order valence-electron chi connectivity index (χ1n) is 9.50. The van der Waals surface area contributed by atoms with E-state index in [1.54, 1.807) is 18.2 Å². The fourth-order valence-corrected chi connectivity index (χ4v) is 3.51. The van der Waals surface area contributed by atoms with Gasteiger partial charge >= 0.3 is 12.2 Å². The highest BCUT2D eigenvalue weighted by molar-refractivity contribution is 5.73. The number of anilines is 1. The Bertz CT molecular complexity index is 823. The Morgan fingerprint density at radius 2 is 1.79 bits per heavy atom. The molecule has 156 valence electrons. The van der Waals surface area contributed by atoms with Gasteiger partial charge in [0.1, 0.15) is 5.82 Å². The van der Waals surface area contributed by atoms with Gasteiger partial charge in [-0.3, -0.25) is 0 Å². The topological polar surface area (TPSA) is 44.4 Å². The molecule has 1 atom stereocenters. The van der Waals surface area contributed by atoms with Gasteiger partial charge in [0, 0.05) is 31.9 Å². The first-order valence-corrected chi connectivity index (χ1v) is 9.50. The number of hydrogen-bond acceptors (Lipinski definition) is 2. The Kier molecular flexibility index (Phi) is 6.61. The molecule has 2 aromatic rings. The van der Waals surface area contributed by atoms with E-state index in [-0.39, 0.29) is 30.3 Å². The summed E-state index contributed by atoms with van der Waals surface area (Å²) in [5.74, 6) is -0.0162. The Morgan fingerprint density at radius 3 is 2.52 bits per heavy atom. The van der Waals surface area contributed by atoms with Crippen molar-refractivity contribution in [1.82, 2.24) is 10.6 Å². The van der Waals surface area contributed by atoms with Crippen LogP contribution in [0.15, 0.2) is 48.5 Å². The zero-order valence-electron chi connectivity index (χ0n) is 15.8. The number of amides is 2. The minimum Gasteiger partial charge on any atom is -0.371 e. The van der Waals surface area contributed by atoms with Crippen LogP contribution in [0.4, 0.5) is 28.0 Å². The minimum absolute atomic E-state index is 0.102. The number of carbonyl (C=O) groups is 1. The minimum atomic E-state index is -4.41. The summed E-state index contributed by atoms with van der Waals surface area (Å²) >= 11 is 0. The van der Waals surface area contributed by atoms with Crippen LogP contribution in [-0.2, 0) is 12.6 Å². The fraction of sp³-hybridized carbons (Fsp3) is 0.381. The van der Waals surface area contributed by atoms with Crippen LogP contribution in [0.1, 0.15) is 17.5 Å². The molecule has 0 aromatic heterocycles. The maximum atomic E-state index is 13.0. The third-order valence-corrected chi connectivity index (χ3v) is 5.03. The van der Waals surface area contributed by atoms with Crippen LogP contribution in [0.25, 0.3) is 0 Å². The van der Waals surface area contributed by atoms with E-state index in [1.807, 2.05) is 0 Å². The largest absolute Gasteiger partial charge is 0.416 e. The number of carbonyl (C=O) groups excluding carboxylic acids is 1. The van der Waals surface area contributed by atoms with Crippen LogP contribution in [-0.4, -0.2) is 32.2 Å². The highest BCUT2D eigenvalue weighted by atomic mass is 19.4. The van der Waals surface area contributed by atoms with E-state index in [0.717, 1.165) is 31.3 Å². The predicted molar refractivity (Wildman–Crippen MR) is 103 cm³/mol. The summed E-state index contributed by atoms with van der Waals surface area (Å²) in [7, 11) is 0. The molecule has 2 N–H and O–H groups in total. The van der Waals surface area contributed by atoms with Gasteiger partial charge in [0.15, 0.2) is 0 Å². The van der Waals surface area contributed by atoms with E-state index in [1.165, 1.54) is 24.3 Å². The number of hydrogen-bond donors (Lipinski definition) is 2. The third kappa shape index (κ3) is 5.85. The zero-order chi connectivity index (χ0) is 20.9. The quantitative estimate of drug-likeness (QED) is 0.702. The van der Waals surface area contributed by atoms with E-state index in [0.29, 0.717) is 6.54 Å². The summed E-state index contributed by atoms with van der Waals surface area (Å²) in [5.41, 5.74) is 0.432. The van der Waals surface area contributed by atoms with Gasteiger partial charge in [-0.2, -0.15) is 13.2 Å². The summed E-state index contributed by atoms with van der Waals surface area (Å²) in [6.45, 7) is 2.17. The molecule has 2 amide bonds. The summed E-state index contributed by atoms with van der Waals surface area (Å²) in [6.07, 6.45) is -3.40. The molecular formula is C21H23F4N3O. The molecule has 1 unspecified atom stereocenters. The lowest BCUT2D eigenvalue weighted by Gasteiger charge is -2.19. The summed E-state index contributed by atoms with van der Waals surface area (Å²) in [6, 6.07) is 11.3. The van der Waals surface area contributed by atoms with E-state index in [9.17, 15) is 22.4 Å². The van der Waals surface area contributed by atoms with Crippen LogP contribution in [0, 0.1) is 11.7 Å². The second kappa shape index (κ2) is 9.15. The molecule has 1 saturated heterocycles. The van der Waals surface area contributed by atoms with Crippen LogP contribution in [0.2, 0.25) is 0 Å². The first-order chi connectivity index (χ1) is 13.8. The van der Waals surface area contributed by atoms with Crippen LogP contribution >= 0.6 is 0 Å². The molecule has 0 radical (unpaired) electrons. The lowest BCUT2D eigenvalue weighted by Crippen LogP contribution is -2.39. The number of urea groups is 1.